The number of benzene rings is 1. The first-order valence-electron chi connectivity index (χ1n) is 5.02. The van der Waals surface area contributed by atoms with Crippen LogP contribution >= 0.6 is 0 Å². The van der Waals surface area contributed by atoms with Crippen molar-refractivity contribution in [3.05, 3.63) is 34.9 Å². The van der Waals surface area contributed by atoms with Gasteiger partial charge in [-0.15, -0.1) is 0 Å². The quantitative estimate of drug-likeness (QED) is 0.729. The molecule has 1 N–H and O–H groups in total. The molecule has 1 unspecified atom stereocenters. The molecule has 14 heavy (non-hydrogen) atoms. The van der Waals surface area contributed by atoms with Gasteiger partial charge < -0.3 is 5.32 Å². The Morgan fingerprint density at radius 2 is 2.29 bits per heavy atom. The van der Waals surface area contributed by atoms with Crippen molar-refractivity contribution in [3.8, 4) is 0 Å². The third-order valence-corrected chi connectivity index (χ3v) is 2.89. The summed E-state index contributed by atoms with van der Waals surface area (Å²) in [6.45, 7) is 4.67. The first kappa shape index (κ1) is 9.41. The van der Waals surface area contributed by atoms with Gasteiger partial charge in [-0.05, 0) is 37.0 Å². The van der Waals surface area contributed by atoms with Crippen LogP contribution in [-0.4, -0.2) is 12.3 Å². The molecule has 0 saturated heterocycles. The molecule has 1 aliphatic rings. The topological polar surface area (TPSA) is 29.1 Å². The maximum atomic E-state index is 11.4. The van der Waals surface area contributed by atoms with E-state index in [1.165, 1.54) is 16.7 Å². The summed E-state index contributed by atoms with van der Waals surface area (Å²) in [5.41, 5.74) is 3.82. The van der Waals surface area contributed by atoms with Gasteiger partial charge in [0.05, 0.1) is 6.04 Å². The molecule has 2 rings (SSSR count). The molecule has 0 aliphatic carbocycles. The molecule has 0 aromatic heterocycles. The third-order valence-electron chi connectivity index (χ3n) is 2.89. The zero-order valence-electron chi connectivity index (χ0n) is 8.63. The average Bonchev–Trinajstić information content (AvgIpc) is 2.17. The summed E-state index contributed by atoms with van der Waals surface area (Å²) in [4.78, 5) is 11.4. The summed E-state index contributed by atoms with van der Waals surface area (Å²) in [6, 6.07) is 6.11. The highest BCUT2D eigenvalue weighted by Gasteiger charge is 2.23. The van der Waals surface area contributed by atoms with Crippen LogP contribution in [0.25, 0.3) is 0 Å². The van der Waals surface area contributed by atoms with Gasteiger partial charge in [-0.25, -0.2) is 0 Å². The number of ketones is 1. The number of Topliss-reactive ketones (excluding diaryl/α,β-unsaturated/α-hetero) is 1. The molecule has 0 radical (unpaired) electrons. The van der Waals surface area contributed by atoms with E-state index in [0.717, 1.165) is 13.0 Å². The zero-order chi connectivity index (χ0) is 10.1. The number of rotatable bonds is 1. The Morgan fingerprint density at radius 1 is 1.50 bits per heavy atom. The number of fused-ring (bicyclic) bond motifs is 1. The summed E-state index contributed by atoms with van der Waals surface area (Å²) in [6.07, 6.45) is 1.03. The lowest BCUT2D eigenvalue weighted by atomic mass is 9.89. The Balaban J connectivity index is 2.49. The molecule has 1 aromatic rings. The molecule has 0 saturated carbocycles. The SMILES string of the molecule is CC(=O)C1NCCc2c(C)cccc21. The summed E-state index contributed by atoms with van der Waals surface area (Å²) >= 11 is 0. The molecule has 74 valence electrons. The Bertz CT molecular complexity index is 371. The lowest BCUT2D eigenvalue weighted by Gasteiger charge is -2.26. The minimum Gasteiger partial charge on any atom is -0.303 e. The molecule has 0 bridgehead atoms. The molecule has 1 aliphatic heterocycles. The van der Waals surface area contributed by atoms with Gasteiger partial charge in [-0.1, -0.05) is 18.2 Å². The summed E-state index contributed by atoms with van der Waals surface area (Å²) < 4.78 is 0. The van der Waals surface area contributed by atoms with Crippen molar-refractivity contribution in [1.82, 2.24) is 5.32 Å². The highest BCUT2D eigenvalue weighted by atomic mass is 16.1. The zero-order valence-corrected chi connectivity index (χ0v) is 8.63. The summed E-state index contributed by atoms with van der Waals surface area (Å²) in [5.74, 6) is 0.205. The molecule has 0 spiro atoms. The van der Waals surface area contributed by atoms with Crippen molar-refractivity contribution < 1.29 is 4.79 Å². The molecule has 0 amide bonds. The van der Waals surface area contributed by atoms with Gasteiger partial charge in [-0.3, -0.25) is 4.79 Å². The smallest absolute Gasteiger partial charge is 0.151 e. The van der Waals surface area contributed by atoms with Crippen LogP contribution < -0.4 is 5.32 Å². The van der Waals surface area contributed by atoms with Gasteiger partial charge in [0.1, 0.15) is 0 Å². The van der Waals surface area contributed by atoms with Crippen LogP contribution in [-0.2, 0) is 11.2 Å². The van der Waals surface area contributed by atoms with Gasteiger partial charge in [0, 0.05) is 6.54 Å². The van der Waals surface area contributed by atoms with Crippen LogP contribution in [0.15, 0.2) is 18.2 Å². The predicted molar refractivity (Wildman–Crippen MR) is 56.3 cm³/mol. The first-order valence-corrected chi connectivity index (χ1v) is 5.02. The van der Waals surface area contributed by atoms with Gasteiger partial charge in [0.2, 0.25) is 0 Å². The highest BCUT2D eigenvalue weighted by Crippen LogP contribution is 2.25. The molecule has 1 aromatic carbocycles. The van der Waals surface area contributed by atoms with Crippen LogP contribution in [0.4, 0.5) is 0 Å². The molecule has 2 heteroatoms. The van der Waals surface area contributed by atoms with Crippen molar-refractivity contribution in [1.29, 1.82) is 0 Å². The fourth-order valence-electron chi connectivity index (χ4n) is 2.15. The second-order valence-electron chi connectivity index (χ2n) is 3.89. The minimum atomic E-state index is -0.0846. The van der Waals surface area contributed by atoms with Crippen molar-refractivity contribution in [2.45, 2.75) is 26.3 Å². The van der Waals surface area contributed by atoms with Crippen LogP contribution in [0.5, 0.6) is 0 Å². The van der Waals surface area contributed by atoms with Gasteiger partial charge in [0.25, 0.3) is 0 Å². The maximum absolute atomic E-state index is 11.4. The van der Waals surface area contributed by atoms with Gasteiger partial charge in [0.15, 0.2) is 5.78 Å². The molecular weight excluding hydrogens is 174 g/mol. The van der Waals surface area contributed by atoms with Crippen LogP contribution in [0.2, 0.25) is 0 Å². The standard InChI is InChI=1S/C12H15NO/c1-8-4-3-5-11-10(8)6-7-13-12(11)9(2)14/h3-5,12-13H,6-7H2,1-2H3. The Labute approximate surface area is 84.3 Å². The van der Waals surface area contributed by atoms with Crippen LogP contribution in [0.1, 0.15) is 29.7 Å². The number of carbonyl (C=O) groups excluding carboxylic acids is 1. The van der Waals surface area contributed by atoms with E-state index in [9.17, 15) is 4.79 Å². The van der Waals surface area contributed by atoms with Crippen LogP contribution in [0.3, 0.4) is 0 Å². The number of carbonyl (C=O) groups is 1. The Kier molecular flexibility index (Phi) is 2.38. The lowest BCUT2D eigenvalue weighted by Crippen LogP contribution is -2.34. The largest absolute Gasteiger partial charge is 0.303 e. The second-order valence-corrected chi connectivity index (χ2v) is 3.89. The van der Waals surface area contributed by atoms with Crippen molar-refractivity contribution in [3.63, 3.8) is 0 Å². The van der Waals surface area contributed by atoms with Crippen molar-refractivity contribution in [2.24, 2.45) is 0 Å². The lowest BCUT2D eigenvalue weighted by molar-refractivity contribution is -0.119. The Hall–Kier alpha value is -1.15. The van der Waals surface area contributed by atoms with Crippen molar-refractivity contribution >= 4 is 5.78 Å². The average molecular weight is 189 g/mol. The normalized spacial score (nSPS) is 20.3. The van der Waals surface area contributed by atoms with Gasteiger partial charge >= 0.3 is 0 Å². The first-order chi connectivity index (χ1) is 6.70. The molecule has 2 nitrogen and oxygen atoms in total. The number of hydrogen-bond acceptors (Lipinski definition) is 2. The van der Waals surface area contributed by atoms with Gasteiger partial charge in [-0.2, -0.15) is 0 Å². The van der Waals surface area contributed by atoms with E-state index >= 15 is 0 Å². The fourth-order valence-corrected chi connectivity index (χ4v) is 2.15. The number of aryl methyl sites for hydroxylation is 1. The van der Waals surface area contributed by atoms with E-state index in [1.807, 2.05) is 6.07 Å². The number of nitrogens with one attached hydrogen (secondary N) is 1. The molecular formula is C12H15NO. The molecule has 1 heterocycles. The Morgan fingerprint density at radius 3 is 3.00 bits per heavy atom. The fraction of sp³-hybridized carbons (Fsp3) is 0.417. The third kappa shape index (κ3) is 1.46. The van der Waals surface area contributed by atoms with E-state index in [2.05, 4.69) is 24.4 Å². The predicted octanol–water partition coefficient (Wildman–Crippen LogP) is 1.77. The van der Waals surface area contributed by atoms with E-state index in [-0.39, 0.29) is 11.8 Å². The summed E-state index contributed by atoms with van der Waals surface area (Å²) in [7, 11) is 0. The highest BCUT2D eigenvalue weighted by molar-refractivity contribution is 5.83. The number of hydrogen-bond donors (Lipinski definition) is 1. The monoisotopic (exact) mass is 189 g/mol. The van der Waals surface area contributed by atoms with E-state index < -0.39 is 0 Å². The van der Waals surface area contributed by atoms with E-state index in [0.29, 0.717) is 0 Å². The van der Waals surface area contributed by atoms with E-state index in [1.54, 1.807) is 6.92 Å². The second kappa shape index (κ2) is 3.54. The minimum absolute atomic E-state index is 0.0846. The van der Waals surface area contributed by atoms with Crippen molar-refractivity contribution in [2.75, 3.05) is 6.54 Å². The maximum Gasteiger partial charge on any atom is 0.151 e. The molecule has 1 atom stereocenters. The summed E-state index contributed by atoms with van der Waals surface area (Å²) in [5, 5.41) is 3.25. The van der Waals surface area contributed by atoms with Crippen LogP contribution in [0, 0.1) is 6.92 Å². The molecule has 0 fully saturated rings. The van der Waals surface area contributed by atoms with E-state index in [4.69, 9.17) is 0 Å².